The van der Waals surface area contributed by atoms with Gasteiger partial charge in [0.25, 0.3) is 5.69 Å². The van der Waals surface area contributed by atoms with Gasteiger partial charge in [-0.25, -0.2) is 0 Å². The summed E-state index contributed by atoms with van der Waals surface area (Å²) in [5.41, 5.74) is 0.464. The predicted octanol–water partition coefficient (Wildman–Crippen LogP) is 2.69. The van der Waals surface area contributed by atoms with Gasteiger partial charge in [0.1, 0.15) is 6.04 Å². The Morgan fingerprint density at radius 2 is 2.06 bits per heavy atom. The monoisotopic (exact) mass is 245 g/mol. The van der Waals surface area contributed by atoms with Gasteiger partial charge in [-0.05, 0) is 18.9 Å². The second kappa shape index (κ2) is 5.61. The van der Waals surface area contributed by atoms with Crippen molar-refractivity contribution < 1.29 is 4.92 Å². The molecule has 0 heterocycles. The van der Waals surface area contributed by atoms with Crippen LogP contribution in [0.2, 0.25) is 0 Å². The van der Waals surface area contributed by atoms with E-state index in [0.717, 1.165) is 25.7 Å². The molecule has 1 aliphatic rings. The van der Waals surface area contributed by atoms with Crippen LogP contribution in [-0.2, 0) is 0 Å². The van der Waals surface area contributed by atoms with Gasteiger partial charge >= 0.3 is 0 Å². The Kier molecular flexibility index (Phi) is 3.90. The lowest BCUT2D eigenvalue weighted by atomic mass is 10.0. The molecular formula is C13H15N3O2. The van der Waals surface area contributed by atoms with E-state index in [-0.39, 0.29) is 5.69 Å². The molecule has 0 spiro atoms. The minimum absolute atomic E-state index is 0.00884. The third-order valence-corrected chi connectivity index (χ3v) is 3.33. The van der Waals surface area contributed by atoms with E-state index in [9.17, 15) is 15.4 Å². The third kappa shape index (κ3) is 2.66. The van der Waals surface area contributed by atoms with Crippen molar-refractivity contribution >= 4 is 5.69 Å². The second-order valence-electron chi connectivity index (χ2n) is 4.53. The molecular weight excluding hydrogens is 230 g/mol. The highest BCUT2D eigenvalue weighted by atomic mass is 16.6. The molecule has 0 aliphatic heterocycles. The minimum atomic E-state index is -0.602. The summed E-state index contributed by atoms with van der Waals surface area (Å²) in [5, 5.41) is 23.4. The Balaban J connectivity index is 2.21. The van der Waals surface area contributed by atoms with Crippen molar-refractivity contribution in [3.8, 4) is 6.07 Å². The van der Waals surface area contributed by atoms with Crippen molar-refractivity contribution in [1.82, 2.24) is 5.32 Å². The molecule has 0 saturated heterocycles. The van der Waals surface area contributed by atoms with E-state index in [1.165, 1.54) is 6.07 Å². The number of para-hydroxylation sites is 1. The fraction of sp³-hybridized carbons (Fsp3) is 0.462. The first-order valence-electron chi connectivity index (χ1n) is 6.11. The highest BCUT2D eigenvalue weighted by Gasteiger charge is 2.25. The number of nitrogens with one attached hydrogen (secondary N) is 1. The third-order valence-electron chi connectivity index (χ3n) is 3.33. The molecule has 1 aromatic carbocycles. The van der Waals surface area contributed by atoms with E-state index in [2.05, 4.69) is 11.4 Å². The molecule has 1 saturated carbocycles. The summed E-state index contributed by atoms with van der Waals surface area (Å²) < 4.78 is 0. The van der Waals surface area contributed by atoms with Crippen molar-refractivity contribution in [2.75, 3.05) is 0 Å². The maximum Gasteiger partial charge on any atom is 0.275 e. The zero-order valence-electron chi connectivity index (χ0n) is 10.0. The fourth-order valence-electron chi connectivity index (χ4n) is 2.42. The van der Waals surface area contributed by atoms with E-state index >= 15 is 0 Å². The molecule has 0 radical (unpaired) electrons. The van der Waals surface area contributed by atoms with Gasteiger partial charge in [0, 0.05) is 12.1 Å². The lowest BCUT2D eigenvalue weighted by Crippen LogP contribution is -2.30. The summed E-state index contributed by atoms with van der Waals surface area (Å²) >= 11 is 0. The van der Waals surface area contributed by atoms with E-state index in [0.29, 0.717) is 11.6 Å². The molecule has 1 aromatic rings. The summed E-state index contributed by atoms with van der Waals surface area (Å²) in [4.78, 5) is 10.5. The average Bonchev–Trinajstić information content (AvgIpc) is 2.88. The predicted molar refractivity (Wildman–Crippen MR) is 66.8 cm³/mol. The molecule has 0 amide bonds. The molecule has 1 fully saturated rings. The maximum atomic E-state index is 10.9. The first kappa shape index (κ1) is 12.5. The van der Waals surface area contributed by atoms with Gasteiger partial charge in [0.15, 0.2) is 0 Å². The zero-order valence-corrected chi connectivity index (χ0v) is 10.0. The van der Waals surface area contributed by atoms with Crippen molar-refractivity contribution in [2.45, 2.75) is 37.8 Å². The van der Waals surface area contributed by atoms with Crippen molar-refractivity contribution in [1.29, 1.82) is 5.26 Å². The Hall–Kier alpha value is -1.93. The number of hydrogen-bond donors (Lipinski definition) is 1. The number of nitro benzene ring substituents is 1. The highest BCUT2D eigenvalue weighted by molar-refractivity contribution is 5.44. The number of rotatable bonds is 4. The van der Waals surface area contributed by atoms with Gasteiger partial charge in [-0.2, -0.15) is 5.26 Å². The summed E-state index contributed by atoms with van der Waals surface area (Å²) in [6, 6.07) is 8.25. The molecule has 1 N–H and O–H groups in total. The van der Waals surface area contributed by atoms with E-state index in [1.807, 2.05) is 0 Å². The number of nitriles is 1. The van der Waals surface area contributed by atoms with Crippen molar-refractivity contribution in [2.24, 2.45) is 0 Å². The quantitative estimate of drug-likeness (QED) is 0.653. The van der Waals surface area contributed by atoms with Gasteiger partial charge in [0.05, 0.1) is 16.6 Å². The second-order valence-corrected chi connectivity index (χ2v) is 4.53. The molecule has 1 aliphatic carbocycles. The standard InChI is InChI=1S/C13H15N3O2/c14-9-12(15-10-5-1-2-6-10)11-7-3-4-8-13(11)16(17)18/h3-4,7-8,10,12,15H,1-2,5-6H2. The van der Waals surface area contributed by atoms with Gasteiger partial charge in [-0.3, -0.25) is 15.4 Å². The van der Waals surface area contributed by atoms with Crippen LogP contribution in [0.25, 0.3) is 0 Å². The summed E-state index contributed by atoms with van der Waals surface area (Å²) in [7, 11) is 0. The van der Waals surface area contributed by atoms with Crippen LogP contribution in [0.4, 0.5) is 5.69 Å². The molecule has 1 unspecified atom stereocenters. The topological polar surface area (TPSA) is 79.0 Å². The molecule has 5 heteroatoms. The van der Waals surface area contributed by atoms with Crippen molar-refractivity contribution in [3.63, 3.8) is 0 Å². The number of benzene rings is 1. The Bertz CT molecular complexity index is 475. The smallest absolute Gasteiger partial charge is 0.275 e. The largest absolute Gasteiger partial charge is 0.295 e. The molecule has 2 rings (SSSR count). The van der Waals surface area contributed by atoms with Crippen LogP contribution in [0.1, 0.15) is 37.3 Å². The van der Waals surface area contributed by atoms with Gasteiger partial charge in [0.2, 0.25) is 0 Å². The van der Waals surface area contributed by atoms with Gasteiger partial charge in [-0.1, -0.05) is 25.0 Å². The van der Waals surface area contributed by atoms with E-state index in [4.69, 9.17) is 0 Å². The molecule has 18 heavy (non-hydrogen) atoms. The van der Waals surface area contributed by atoms with Crippen LogP contribution in [0.5, 0.6) is 0 Å². The minimum Gasteiger partial charge on any atom is -0.295 e. The Morgan fingerprint density at radius 1 is 1.39 bits per heavy atom. The van der Waals surface area contributed by atoms with Gasteiger partial charge in [-0.15, -0.1) is 0 Å². The van der Waals surface area contributed by atoms with Crippen LogP contribution in [0.15, 0.2) is 24.3 Å². The Morgan fingerprint density at radius 3 is 2.67 bits per heavy atom. The number of hydrogen-bond acceptors (Lipinski definition) is 4. The summed E-state index contributed by atoms with van der Waals surface area (Å²) in [6.07, 6.45) is 4.40. The summed E-state index contributed by atoms with van der Waals surface area (Å²) in [5.74, 6) is 0. The molecule has 0 aromatic heterocycles. The van der Waals surface area contributed by atoms with Crippen LogP contribution < -0.4 is 5.32 Å². The van der Waals surface area contributed by atoms with Crippen LogP contribution in [0, 0.1) is 21.4 Å². The van der Waals surface area contributed by atoms with Crippen LogP contribution >= 0.6 is 0 Å². The highest BCUT2D eigenvalue weighted by Crippen LogP contribution is 2.27. The van der Waals surface area contributed by atoms with Crippen LogP contribution in [0.3, 0.4) is 0 Å². The molecule has 94 valence electrons. The van der Waals surface area contributed by atoms with Gasteiger partial charge < -0.3 is 0 Å². The first-order chi connectivity index (χ1) is 8.72. The van der Waals surface area contributed by atoms with Crippen molar-refractivity contribution in [3.05, 3.63) is 39.9 Å². The number of nitrogens with zero attached hydrogens (tertiary/aromatic N) is 2. The lowest BCUT2D eigenvalue weighted by molar-refractivity contribution is -0.385. The average molecular weight is 245 g/mol. The summed E-state index contributed by atoms with van der Waals surface area (Å²) in [6.45, 7) is 0. The SMILES string of the molecule is N#CC(NC1CCCC1)c1ccccc1[N+](=O)[O-]. The maximum absolute atomic E-state index is 10.9. The lowest BCUT2D eigenvalue weighted by Gasteiger charge is -2.17. The fourth-order valence-corrected chi connectivity index (χ4v) is 2.42. The molecule has 1 atom stereocenters. The van der Waals surface area contributed by atoms with E-state index in [1.54, 1.807) is 18.2 Å². The normalized spacial score (nSPS) is 17.3. The molecule has 5 nitrogen and oxygen atoms in total. The Labute approximate surface area is 106 Å². The van der Waals surface area contributed by atoms with E-state index < -0.39 is 11.0 Å². The first-order valence-corrected chi connectivity index (χ1v) is 6.11. The zero-order chi connectivity index (χ0) is 13.0. The number of nitro groups is 1. The van der Waals surface area contributed by atoms with Crippen LogP contribution in [-0.4, -0.2) is 11.0 Å². The molecule has 0 bridgehead atoms.